The summed E-state index contributed by atoms with van der Waals surface area (Å²) in [6, 6.07) is 13.2. The number of benzene rings is 2. The summed E-state index contributed by atoms with van der Waals surface area (Å²) in [5, 5.41) is 2.69. The summed E-state index contributed by atoms with van der Waals surface area (Å²) in [6.07, 6.45) is 0. The first-order valence-corrected chi connectivity index (χ1v) is 8.05. The summed E-state index contributed by atoms with van der Waals surface area (Å²) in [5.41, 5.74) is 7.38. The number of carbonyl (C=O) groups is 1. The van der Waals surface area contributed by atoms with Crippen LogP contribution in [0.1, 0.15) is 18.5 Å². The molecule has 2 atom stereocenters. The van der Waals surface area contributed by atoms with Crippen LogP contribution in [0, 0.1) is 11.7 Å². The van der Waals surface area contributed by atoms with Crippen LogP contribution in [0.4, 0.5) is 10.1 Å². The van der Waals surface area contributed by atoms with Crippen LogP contribution in [0.3, 0.4) is 0 Å². The third-order valence-electron chi connectivity index (χ3n) is 3.88. The number of methoxy groups -OCH3 is 1. The van der Waals surface area contributed by atoms with Crippen molar-refractivity contribution < 1.29 is 18.7 Å². The van der Waals surface area contributed by atoms with Crippen LogP contribution >= 0.6 is 12.4 Å². The molecule has 5 nitrogen and oxygen atoms in total. The highest BCUT2D eigenvalue weighted by Crippen LogP contribution is 2.24. The molecule has 2 unspecified atom stereocenters. The molecular formula is C19H24ClFN2O3. The van der Waals surface area contributed by atoms with Crippen LogP contribution in [0.5, 0.6) is 5.75 Å². The van der Waals surface area contributed by atoms with E-state index in [1.54, 1.807) is 20.1 Å². The van der Waals surface area contributed by atoms with Gasteiger partial charge in [-0.3, -0.25) is 4.79 Å². The first-order valence-electron chi connectivity index (χ1n) is 8.05. The van der Waals surface area contributed by atoms with Gasteiger partial charge in [0.25, 0.3) is 0 Å². The molecule has 0 aliphatic rings. The molecule has 0 saturated carbocycles. The van der Waals surface area contributed by atoms with Crippen molar-refractivity contribution in [3.8, 4) is 5.75 Å². The van der Waals surface area contributed by atoms with E-state index in [4.69, 9.17) is 15.2 Å². The Hall–Kier alpha value is -2.15. The molecule has 0 bridgehead atoms. The van der Waals surface area contributed by atoms with E-state index in [9.17, 15) is 9.18 Å². The van der Waals surface area contributed by atoms with E-state index in [0.717, 1.165) is 5.56 Å². The molecule has 142 valence electrons. The van der Waals surface area contributed by atoms with Gasteiger partial charge < -0.3 is 20.5 Å². The minimum Gasteiger partial charge on any atom is -0.488 e. The van der Waals surface area contributed by atoms with Gasteiger partial charge in [-0.1, -0.05) is 37.3 Å². The van der Waals surface area contributed by atoms with Gasteiger partial charge in [-0.25, -0.2) is 4.39 Å². The van der Waals surface area contributed by atoms with Crippen LogP contribution < -0.4 is 15.8 Å². The predicted molar refractivity (Wildman–Crippen MR) is 102 cm³/mol. The van der Waals surface area contributed by atoms with Crippen molar-refractivity contribution >= 4 is 24.0 Å². The lowest BCUT2D eigenvalue weighted by molar-refractivity contribution is -0.120. The summed E-state index contributed by atoms with van der Waals surface area (Å²) in [4.78, 5) is 12.4. The SMILES string of the molecule is COCCOc1ccc(NC(=O)C(C)C(N)c2ccccc2)cc1F.Cl. The Balaban J connectivity index is 0.00000338. The largest absolute Gasteiger partial charge is 0.488 e. The number of nitrogens with one attached hydrogen (secondary N) is 1. The zero-order chi connectivity index (χ0) is 18.2. The second kappa shape index (κ2) is 10.8. The highest BCUT2D eigenvalue weighted by Gasteiger charge is 2.22. The summed E-state index contributed by atoms with van der Waals surface area (Å²) in [5.74, 6) is -1.18. The Morgan fingerprint density at radius 3 is 2.50 bits per heavy atom. The van der Waals surface area contributed by atoms with Crippen molar-refractivity contribution in [2.75, 3.05) is 25.6 Å². The Morgan fingerprint density at radius 2 is 1.88 bits per heavy atom. The average molecular weight is 383 g/mol. The van der Waals surface area contributed by atoms with Crippen molar-refractivity contribution in [2.45, 2.75) is 13.0 Å². The van der Waals surface area contributed by atoms with Gasteiger partial charge in [0.05, 0.1) is 12.5 Å². The molecule has 7 heteroatoms. The molecule has 0 heterocycles. The van der Waals surface area contributed by atoms with Crippen LogP contribution in [0.15, 0.2) is 48.5 Å². The van der Waals surface area contributed by atoms with Crippen molar-refractivity contribution in [1.82, 2.24) is 0 Å². The molecule has 1 amide bonds. The highest BCUT2D eigenvalue weighted by atomic mass is 35.5. The summed E-state index contributed by atoms with van der Waals surface area (Å²) in [7, 11) is 1.54. The number of amides is 1. The predicted octanol–water partition coefficient (Wildman–Crippen LogP) is 3.55. The number of hydrogen-bond acceptors (Lipinski definition) is 4. The number of carbonyl (C=O) groups excluding carboxylic acids is 1. The molecule has 2 aromatic rings. The molecule has 26 heavy (non-hydrogen) atoms. The topological polar surface area (TPSA) is 73.6 Å². The Bertz CT molecular complexity index is 700. The maximum absolute atomic E-state index is 14.0. The number of nitrogens with two attached hydrogens (primary N) is 1. The molecule has 0 aromatic heterocycles. The molecule has 2 aromatic carbocycles. The molecule has 0 spiro atoms. The third kappa shape index (κ3) is 5.98. The monoisotopic (exact) mass is 382 g/mol. The molecule has 0 aliphatic heterocycles. The fourth-order valence-corrected chi connectivity index (χ4v) is 2.31. The highest BCUT2D eigenvalue weighted by molar-refractivity contribution is 5.93. The zero-order valence-electron chi connectivity index (χ0n) is 14.8. The minimum absolute atomic E-state index is 0. The zero-order valence-corrected chi connectivity index (χ0v) is 15.6. The average Bonchev–Trinajstić information content (AvgIpc) is 2.63. The Labute approximate surface area is 159 Å². The summed E-state index contributed by atoms with van der Waals surface area (Å²) < 4.78 is 24.1. The molecule has 0 saturated heterocycles. The van der Waals surface area contributed by atoms with Crippen molar-refractivity contribution in [3.63, 3.8) is 0 Å². The molecule has 2 rings (SSSR count). The maximum atomic E-state index is 14.0. The van der Waals surface area contributed by atoms with E-state index in [2.05, 4.69) is 5.32 Å². The smallest absolute Gasteiger partial charge is 0.229 e. The number of hydrogen-bond donors (Lipinski definition) is 2. The lowest BCUT2D eigenvalue weighted by Gasteiger charge is -2.20. The molecular weight excluding hydrogens is 359 g/mol. The van der Waals surface area contributed by atoms with Crippen LogP contribution in [-0.4, -0.2) is 26.2 Å². The molecule has 0 fully saturated rings. The van der Waals surface area contributed by atoms with Gasteiger partial charge in [-0.15, -0.1) is 12.4 Å². The van der Waals surface area contributed by atoms with Gasteiger partial charge in [-0.2, -0.15) is 0 Å². The number of anilines is 1. The van der Waals surface area contributed by atoms with Gasteiger partial charge in [0.2, 0.25) is 5.91 Å². The lowest BCUT2D eigenvalue weighted by atomic mass is 9.94. The van der Waals surface area contributed by atoms with Crippen molar-refractivity contribution in [3.05, 3.63) is 59.9 Å². The molecule has 3 N–H and O–H groups in total. The second-order valence-electron chi connectivity index (χ2n) is 5.70. The summed E-state index contributed by atoms with van der Waals surface area (Å²) >= 11 is 0. The number of rotatable bonds is 8. The normalized spacial score (nSPS) is 12.6. The van der Waals surface area contributed by atoms with Crippen molar-refractivity contribution in [1.29, 1.82) is 0 Å². The third-order valence-corrected chi connectivity index (χ3v) is 3.88. The van der Waals surface area contributed by atoms with E-state index < -0.39 is 17.8 Å². The van der Waals surface area contributed by atoms with Crippen LogP contribution in [0.25, 0.3) is 0 Å². The first-order chi connectivity index (χ1) is 12.0. The fraction of sp³-hybridized carbons (Fsp3) is 0.316. The first kappa shape index (κ1) is 21.9. The van der Waals surface area contributed by atoms with Crippen LogP contribution in [0.2, 0.25) is 0 Å². The fourth-order valence-electron chi connectivity index (χ4n) is 2.31. The maximum Gasteiger partial charge on any atom is 0.229 e. The van der Waals surface area contributed by atoms with E-state index in [0.29, 0.717) is 12.3 Å². The number of halogens is 2. The van der Waals surface area contributed by atoms with Gasteiger partial charge in [0.1, 0.15) is 6.61 Å². The van der Waals surface area contributed by atoms with Gasteiger partial charge in [-0.05, 0) is 17.7 Å². The molecule has 0 radical (unpaired) electrons. The lowest BCUT2D eigenvalue weighted by Crippen LogP contribution is -2.30. The van der Waals surface area contributed by atoms with E-state index in [1.807, 2.05) is 30.3 Å². The van der Waals surface area contributed by atoms with Gasteiger partial charge in [0.15, 0.2) is 11.6 Å². The Morgan fingerprint density at radius 1 is 1.19 bits per heavy atom. The van der Waals surface area contributed by atoms with Gasteiger partial charge >= 0.3 is 0 Å². The van der Waals surface area contributed by atoms with Gasteiger partial charge in [0, 0.05) is 24.9 Å². The quantitative estimate of drug-likeness (QED) is 0.685. The standard InChI is InChI=1S/C19H23FN2O3.ClH/c1-13(18(21)14-6-4-3-5-7-14)19(23)22-15-8-9-17(16(20)12-15)25-11-10-24-2;/h3-9,12-13,18H,10-11,21H2,1-2H3,(H,22,23);1H. The Kier molecular flexibility index (Phi) is 9.05. The number of ether oxygens (including phenoxy) is 2. The minimum atomic E-state index is -0.547. The van der Waals surface area contributed by atoms with E-state index >= 15 is 0 Å². The van der Waals surface area contributed by atoms with E-state index in [-0.39, 0.29) is 30.7 Å². The second-order valence-corrected chi connectivity index (χ2v) is 5.70. The van der Waals surface area contributed by atoms with Crippen molar-refractivity contribution in [2.24, 2.45) is 11.7 Å². The summed E-state index contributed by atoms with van der Waals surface area (Å²) in [6.45, 7) is 2.36. The van der Waals surface area contributed by atoms with Crippen LogP contribution in [-0.2, 0) is 9.53 Å². The van der Waals surface area contributed by atoms with E-state index in [1.165, 1.54) is 12.1 Å². The molecule has 0 aliphatic carbocycles.